The number of tetrazole rings is 1. The van der Waals surface area contributed by atoms with E-state index in [1.807, 2.05) is 4.68 Å². The minimum Gasteiger partial charge on any atom is -0.307 e. The number of nitrogens with zero attached hydrogens (tertiary/aromatic N) is 4. The van der Waals surface area contributed by atoms with Gasteiger partial charge in [-0.05, 0) is 43.2 Å². The van der Waals surface area contributed by atoms with Crippen molar-refractivity contribution in [2.45, 2.75) is 59.0 Å². The fourth-order valence-electron chi connectivity index (χ4n) is 1.83. The highest BCUT2D eigenvalue weighted by molar-refractivity contribution is 4.91. The van der Waals surface area contributed by atoms with Gasteiger partial charge in [0.15, 0.2) is 5.82 Å². The van der Waals surface area contributed by atoms with Gasteiger partial charge < -0.3 is 5.32 Å². The van der Waals surface area contributed by atoms with E-state index in [2.05, 4.69) is 48.5 Å². The molecule has 0 fully saturated rings. The maximum Gasteiger partial charge on any atom is 0.168 e. The Morgan fingerprint density at radius 1 is 1.25 bits per heavy atom. The molecule has 0 bridgehead atoms. The van der Waals surface area contributed by atoms with Crippen molar-refractivity contribution in [1.29, 1.82) is 0 Å². The lowest BCUT2D eigenvalue weighted by Gasteiger charge is -2.18. The first-order valence-corrected chi connectivity index (χ1v) is 6.25. The monoisotopic (exact) mass is 225 g/mol. The van der Waals surface area contributed by atoms with E-state index >= 15 is 0 Å². The highest BCUT2D eigenvalue weighted by Crippen LogP contribution is 2.18. The van der Waals surface area contributed by atoms with Crippen molar-refractivity contribution >= 4 is 0 Å². The summed E-state index contributed by atoms with van der Waals surface area (Å²) in [4.78, 5) is 0. The second kappa shape index (κ2) is 6.58. The summed E-state index contributed by atoms with van der Waals surface area (Å²) in [6.07, 6.45) is 3.25. The molecule has 0 saturated carbocycles. The molecule has 0 radical (unpaired) electrons. The maximum absolute atomic E-state index is 4.13. The van der Waals surface area contributed by atoms with Crippen molar-refractivity contribution in [3.05, 3.63) is 5.82 Å². The average Bonchev–Trinajstić information content (AvgIpc) is 2.77. The highest BCUT2D eigenvalue weighted by Gasteiger charge is 2.18. The van der Waals surface area contributed by atoms with Gasteiger partial charge in [0.1, 0.15) is 0 Å². The fraction of sp³-hybridized carbons (Fsp3) is 0.909. The number of hydrogen-bond acceptors (Lipinski definition) is 4. The smallest absolute Gasteiger partial charge is 0.168 e. The molecule has 1 N–H and O–H groups in total. The molecule has 1 aromatic rings. The number of rotatable bonds is 7. The predicted octanol–water partition coefficient (Wildman–Crippen LogP) is 2.09. The third-order valence-electron chi connectivity index (χ3n) is 2.89. The quantitative estimate of drug-likeness (QED) is 0.772. The van der Waals surface area contributed by atoms with Crippen LogP contribution in [-0.4, -0.2) is 26.8 Å². The van der Waals surface area contributed by atoms with Gasteiger partial charge in [0, 0.05) is 0 Å². The summed E-state index contributed by atoms with van der Waals surface area (Å²) in [7, 11) is 0. The summed E-state index contributed by atoms with van der Waals surface area (Å²) in [5.74, 6) is 0.946. The lowest BCUT2D eigenvalue weighted by atomic mass is 10.1. The van der Waals surface area contributed by atoms with Crippen molar-refractivity contribution in [2.75, 3.05) is 6.54 Å². The van der Waals surface area contributed by atoms with Crippen molar-refractivity contribution < 1.29 is 0 Å². The molecule has 0 spiro atoms. The lowest BCUT2D eigenvalue weighted by molar-refractivity contribution is 0.385. The minimum absolute atomic E-state index is 0.218. The van der Waals surface area contributed by atoms with Crippen LogP contribution < -0.4 is 5.32 Å². The number of aromatic nitrogens is 4. The van der Waals surface area contributed by atoms with E-state index in [0.29, 0.717) is 6.04 Å². The van der Waals surface area contributed by atoms with Crippen molar-refractivity contribution in [2.24, 2.45) is 0 Å². The van der Waals surface area contributed by atoms with Crippen LogP contribution in [0.2, 0.25) is 0 Å². The maximum atomic E-state index is 4.13. The molecule has 0 aliphatic carbocycles. The van der Waals surface area contributed by atoms with Crippen LogP contribution in [0.4, 0.5) is 0 Å². The lowest BCUT2D eigenvalue weighted by Crippen LogP contribution is -2.24. The molecule has 0 amide bonds. The Hall–Kier alpha value is -0.970. The van der Waals surface area contributed by atoms with Crippen LogP contribution in [0.5, 0.6) is 0 Å². The van der Waals surface area contributed by atoms with Crippen LogP contribution in [0, 0.1) is 0 Å². The largest absolute Gasteiger partial charge is 0.307 e. The van der Waals surface area contributed by atoms with Crippen LogP contribution in [0.15, 0.2) is 0 Å². The third-order valence-corrected chi connectivity index (χ3v) is 2.89. The van der Waals surface area contributed by atoms with Gasteiger partial charge in [0.05, 0.1) is 12.1 Å². The molecule has 1 rings (SSSR count). The van der Waals surface area contributed by atoms with Gasteiger partial charge in [0.25, 0.3) is 0 Å². The molecule has 1 unspecified atom stereocenters. The van der Waals surface area contributed by atoms with Crippen LogP contribution in [0.1, 0.15) is 64.9 Å². The Balaban J connectivity index is 2.76. The van der Waals surface area contributed by atoms with Crippen molar-refractivity contribution in [3.8, 4) is 0 Å². The Kier molecular flexibility index (Phi) is 5.38. The molecule has 0 aromatic carbocycles. The fourth-order valence-corrected chi connectivity index (χ4v) is 1.83. The molecular formula is C11H23N5. The van der Waals surface area contributed by atoms with Crippen molar-refractivity contribution in [1.82, 2.24) is 25.5 Å². The molecule has 1 heterocycles. The van der Waals surface area contributed by atoms with Gasteiger partial charge >= 0.3 is 0 Å². The summed E-state index contributed by atoms with van der Waals surface area (Å²) in [5.41, 5.74) is 0. The zero-order valence-electron chi connectivity index (χ0n) is 10.8. The van der Waals surface area contributed by atoms with Gasteiger partial charge in [-0.15, -0.1) is 5.10 Å². The Labute approximate surface area is 97.6 Å². The van der Waals surface area contributed by atoms with E-state index in [9.17, 15) is 0 Å². The van der Waals surface area contributed by atoms with E-state index in [-0.39, 0.29) is 6.04 Å². The Bertz CT molecular complexity index is 292. The Morgan fingerprint density at radius 2 is 1.94 bits per heavy atom. The molecule has 0 aliphatic heterocycles. The van der Waals surface area contributed by atoms with Crippen LogP contribution in [0.3, 0.4) is 0 Å². The molecule has 5 nitrogen and oxygen atoms in total. The molecule has 1 aromatic heterocycles. The molecule has 0 saturated heterocycles. The standard InChI is InChI=1S/C11H23N5/c1-5-8-12-9(4)11-13-14-15-16(11)10(6-2)7-3/h9-10,12H,5-8H2,1-4H3. The summed E-state index contributed by atoms with van der Waals surface area (Å²) in [5, 5.41) is 15.4. The van der Waals surface area contributed by atoms with Gasteiger partial charge in [-0.25, -0.2) is 4.68 Å². The topological polar surface area (TPSA) is 55.6 Å². The predicted molar refractivity (Wildman–Crippen MR) is 64.1 cm³/mol. The van der Waals surface area contributed by atoms with Gasteiger partial charge in [-0.1, -0.05) is 20.8 Å². The first-order chi connectivity index (χ1) is 7.74. The molecule has 0 aliphatic rings. The molecule has 16 heavy (non-hydrogen) atoms. The molecule has 92 valence electrons. The summed E-state index contributed by atoms with van der Waals surface area (Å²) < 4.78 is 1.97. The zero-order chi connectivity index (χ0) is 12.0. The SMILES string of the molecule is CCCNC(C)c1nnnn1C(CC)CC. The van der Waals surface area contributed by atoms with Crippen LogP contribution in [0.25, 0.3) is 0 Å². The summed E-state index contributed by atoms with van der Waals surface area (Å²) in [6.45, 7) is 9.61. The van der Waals surface area contributed by atoms with Gasteiger partial charge in [0.2, 0.25) is 0 Å². The molecular weight excluding hydrogens is 202 g/mol. The van der Waals surface area contributed by atoms with E-state index in [1.54, 1.807) is 0 Å². The molecule has 1 atom stereocenters. The first-order valence-electron chi connectivity index (χ1n) is 6.25. The second-order valence-electron chi connectivity index (χ2n) is 4.13. The van der Waals surface area contributed by atoms with Crippen LogP contribution >= 0.6 is 0 Å². The van der Waals surface area contributed by atoms with Crippen molar-refractivity contribution in [3.63, 3.8) is 0 Å². The highest BCUT2D eigenvalue weighted by atomic mass is 15.6. The molecule has 5 heteroatoms. The minimum atomic E-state index is 0.218. The Morgan fingerprint density at radius 3 is 2.50 bits per heavy atom. The van der Waals surface area contributed by atoms with E-state index in [4.69, 9.17) is 0 Å². The van der Waals surface area contributed by atoms with Gasteiger partial charge in [-0.3, -0.25) is 0 Å². The van der Waals surface area contributed by atoms with E-state index in [0.717, 1.165) is 31.6 Å². The number of hydrogen-bond donors (Lipinski definition) is 1. The zero-order valence-corrected chi connectivity index (χ0v) is 10.8. The van der Waals surface area contributed by atoms with Crippen LogP contribution in [-0.2, 0) is 0 Å². The normalized spacial score (nSPS) is 13.3. The first kappa shape index (κ1) is 13.1. The summed E-state index contributed by atoms with van der Waals surface area (Å²) in [6, 6.07) is 0.631. The van der Waals surface area contributed by atoms with E-state index in [1.165, 1.54) is 0 Å². The average molecular weight is 225 g/mol. The van der Waals surface area contributed by atoms with E-state index < -0.39 is 0 Å². The number of nitrogens with one attached hydrogen (secondary N) is 1. The third kappa shape index (κ3) is 3.01. The summed E-state index contributed by atoms with van der Waals surface area (Å²) >= 11 is 0. The van der Waals surface area contributed by atoms with Gasteiger partial charge in [-0.2, -0.15) is 0 Å². The second-order valence-corrected chi connectivity index (χ2v) is 4.13.